The highest BCUT2D eigenvalue weighted by atomic mass is 16.5. The Morgan fingerprint density at radius 1 is 1.44 bits per heavy atom. The van der Waals surface area contributed by atoms with E-state index in [4.69, 9.17) is 4.74 Å². The van der Waals surface area contributed by atoms with Gasteiger partial charge >= 0.3 is 0 Å². The van der Waals surface area contributed by atoms with Gasteiger partial charge in [-0.25, -0.2) is 4.98 Å². The third kappa shape index (κ3) is 1.89. The second-order valence-electron chi connectivity index (χ2n) is 4.91. The van der Waals surface area contributed by atoms with Crippen LogP contribution in [0.1, 0.15) is 10.6 Å². The first kappa shape index (κ1) is 11.6. The van der Waals surface area contributed by atoms with Crippen LogP contribution in [0.2, 0.25) is 0 Å². The Labute approximate surface area is 105 Å². The lowest BCUT2D eigenvalue weighted by Gasteiger charge is -2.33. The van der Waals surface area contributed by atoms with Crippen molar-refractivity contribution in [2.75, 3.05) is 33.3 Å². The van der Waals surface area contributed by atoms with E-state index in [9.17, 15) is 4.79 Å². The van der Waals surface area contributed by atoms with Gasteiger partial charge in [0.25, 0.3) is 5.91 Å². The minimum Gasteiger partial charge on any atom is -0.373 e. The van der Waals surface area contributed by atoms with Crippen LogP contribution in [0.15, 0.2) is 6.33 Å². The highest BCUT2D eigenvalue weighted by Gasteiger charge is 2.41. The molecule has 3 heterocycles. The van der Waals surface area contributed by atoms with E-state index in [0.29, 0.717) is 19.1 Å². The molecule has 0 saturated carbocycles. The van der Waals surface area contributed by atoms with Crippen LogP contribution in [-0.4, -0.2) is 75.9 Å². The van der Waals surface area contributed by atoms with Gasteiger partial charge in [-0.15, -0.1) is 5.10 Å². The van der Waals surface area contributed by atoms with E-state index in [0.717, 1.165) is 13.2 Å². The zero-order chi connectivity index (χ0) is 12.7. The number of morpholine rings is 1. The minimum atomic E-state index is -0.109. The van der Waals surface area contributed by atoms with Gasteiger partial charge in [0.2, 0.25) is 5.82 Å². The van der Waals surface area contributed by atoms with E-state index in [2.05, 4.69) is 22.0 Å². The van der Waals surface area contributed by atoms with Crippen molar-refractivity contribution in [1.29, 1.82) is 0 Å². The van der Waals surface area contributed by atoms with Crippen molar-refractivity contribution in [2.45, 2.75) is 12.1 Å². The molecule has 0 unspecified atom stereocenters. The van der Waals surface area contributed by atoms with Crippen LogP contribution in [0.25, 0.3) is 0 Å². The van der Waals surface area contributed by atoms with Gasteiger partial charge in [-0.05, 0) is 7.05 Å². The topological polar surface area (TPSA) is 63.5 Å². The van der Waals surface area contributed by atoms with Crippen LogP contribution in [0.5, 0.6) is 0 Å². The number of carbonyl (C=O) groups excluding carboxylic acids is 1. The molecule has 1 aromatic rings. The van der Waals surface area contributed by atoms with Crippen LogP contribution < -0.4 is 0 Å². The molecule has 7 nitrogen and oxygen atoms in total. The molecule has 2 saturated heterocycles. The Kier molecular flexibility index (Phi) is 2.79. The van der Waals surface area contributed by atoms with E-state index in [1.165, 1.54) is 0 Å². The van der Waals surface area contributed by atoms with Gasteiger partial charge in [-0.3, -0.25) is 14.4 Å². The first-order valence-electron chi connectivity index (χ1n) is 6.12. The number of hydrogen-bond acceptors (Lipinski definition) is 5. The number of ether oxygens (including phenoxy) is 1. The molecule has 0 aliphatic carbocycles. The standard InChI is InChI=1S/C11H17N5O2/c1-14-3-4-18-9-6-16(5-8(9)14)11(17)10-12-7-15(2)13-10/h7-9H,3-6H2,1-2H3/t8-,9+/m1/s1. The Morgan fingerprint density at radius 3 is 2.94 bits per heavy atom. The first-order valence-corrected chi connectivity index (χ1v) is 6.12. The summed E-state index contributed by atoms with van der Waals surface area (Å²) in [5.74, 6) is 0.154. The summed E-state index contributed by atoms with van der Waals surface area (Å²) in [5.41, 5.74) is 0. The van der Waals surface area contributed by atoms with Crippen molar-refractivity contribution in [3.8, 4) is 0 Å². The van der Waals surface area contributed by atoms with Crippen molar-refractivity contribution < 1.29 is 9.53 Å². The molecule has 2 fully saturated rings. The second-order valence-corrected chi connectivity index (χ2v) is 4.91. The number of carbonyl (C=O) groups is 1. The summed E-state index contributed by atoms with van der Waals surface area (Å²) in [6.07, 6.45) is 1.66. The third-order valence-electron chi connectivity index (χ3n) is 3.66. The number of hydrogen-bond donors (Lipinski definition) is 0. The van der Waals surface area contributed by atoms with Gasteiger partial charge in [0.15, 0.2) is 0 Å². The molecule has 2 aliphatic rings. The lowest BCUT2D eigenvalue weighted by Crippen LogP contribution is -2.48. The zero-order valence-electron chi connectivity index (χ0n) is 10.6. The van der Waals surface area contributed by atoms with Crippen LogP contribution >= 0.6 is 0 Å². The van der Waals surface area contributed by atoms with Crippen LogP contribution in [0, 0.1) is 0 Å². The summed E-state index contributed by atoms with van der Waals surface area (Å²) in [7, 11) is 3.83. The second kappa shape index (κ2) is 4.33. The van der Waals surface area contributed by atoms with Crippen LogP contribution in [-0.2, 0) is 11.8 Å². The molecule has 0 aromatic carbocycles. The average Bonchev–Trinajstić information content (AvgIpc) is 2.95. The Balaban J connectivity index is 1.73. The molecule has 1 amide bonds. The van der Waals surface area contributed by atoms with E-state index in [-0.39, 0.29) is 17.8 Å². The number of aromatic nitrogens is 3. The summed E-state index contributed by atoms with van der Waals surface area (Å²) < 4.78 is 7.25. The third-order valence-corrected chi connectivity index (χ3v) is 3.66. The van der Waals surface area contributed by atoms with Crippen molar-refractivity contribution in [3.63, 3.8) is 0 Å². The predicted molar refractivity (Wildman–Crippen MR) is 63.1 cm³/mol. The van der Waals surface area contributed by atoms with Gasteiger partial charge in [0, 0.05) is 26.7 Å². The monoisotopic (exact) mass is 251 g/mol. The fourth-order valence-corrected chi connectivity index (χ4v) is 2.60. The molecular weight excluding hydrogens is 234 g/mol. The number of aryl methyl sites for hydroxylation is 1. The summed E-state index contributed by atoms with van der Waals surface area (Å²) in [5, 5.41) is 4.05. The summed E-state index contributed by atoms with van der Waals surface area (Å²) in [6.45, 7) is 2.98. The first-order chi connectivity index (χ1) is 8.65. The smallest absolute Gasteiger partial charge is 0.293 e. The van der Waals surface area contributed by atoms with E-state index < -0.39 is 0 Å². The summed E-state index contributed by atoms with van der Waals surface area (Å²) >= 11 is 0. The molecule has 2 atom stereocenters. The SMILES string of the molecule is CN1CCO[C@H]2CN(C(=O)c3ncn(C)n3)C[C@H]21. The fraction of sp³-hybridized carbons (Fsp3) is 0.727. The van der Waals surface area contributed by atoms with Crippen molar-refractivity contribution in [3.05, 3.63) is 12.2 Å². The number of amides is 1. The number of rotatable bonds is 1. The molecule has 0 N–H and O–H groups in total. The number of fused-ring (bicyclic) bond motifs is 1. The van der Waals surface area contributed by atoms with Gasteiger partial charge in [-0.2, -0.15) is 0 Å². The number of likely N-dealkylation sites (N-methyl/N-ethyl adjacent to an activating group) is 1. The molecule has 0 bridgehead atoms. The van der Waals surface area contributed by atoms with Gasteiger partial charge in [0.05, 0.1) is 18.8 Å². The largest absolute Gasteiger partial charge is 0.373 e. The molecule has 98 valence electrons. The van der Waals surface area contributed by atoms with Gasteiger partial charge in [-0.1, -0.05) is 0 Å². The maximum absolute atomic E-state index is 12.2. The number of likely N-dealkylation sites (tertiary alicyclic amines) is 1. The average molecular weight is 251 g/mol. The van der Waals surface area contributed by atoms with Crippen molar-refractivity contribution >= 4 is 5.91 Å². The Bertz CT molecular complexity index is 460. The minimum absolute atomic E-state index is 0.109. The van der Waals surface area contributed by atoms with E-state index in [1.807, 2.05) is 0 Å². The Hall–Kier alpha value is -1.47. The normalized spacial score (nSPS) is 28.4. The fourth-order valence-electron chi connectivity index (χ4n) is 2.60. The maximum atomic E-state index is 12.2. The van der Waals surface area contributed by atoms with E-state index >= 15 is 0 Å². The molecule has 0 radical (unpaired) electrons. The zero-order valence-corrected chi connectivity index (χ0v) is 10.6. The molecule has 1 aromatic heterocycles. The highest BCUT2D eigenvalue weighted by molar-refractivity contribution is 5.90. The summed E-state index contributed by atoms with van der Waals surface area (Å²) in [6, 6.07) is 0.298. The number of nitrogens with zero attached hydrogens (tertiary/aromatic N) is 5. The van der Waals surface area contributed by atoms with Gasteiger partial charge < -0.3 is 9.64 Å². The van der Waals surface area contributed by atoms with Crippen molar-refractivity contribution in [1.82, 2.24) is 24.6 Å². The molecule has 2 aliphatic heterocycles. The summed E-state index contributed by atoms with van der Waals surface area (Å²) in [4.78, 5) is 20.3. The highest BCUT2D eigenvalue weighted by Crippen LogP contribution is 2.22. The quantitative estimate of drug-likeness (QED) is 0.638. The van der Waals surface area contributed by atoms with Crippen molar-refractivity contribution in [2.24, 2.45) is 7.05 Å². The lowest BCUT2D eigenvalue weighted by atomic mass is 10.1. The Morgan fingerprint density at radius 2 is 2.28 bits per heavy atom. The van der Waals surface area contributed by atoms with Gasteiger partial charge in [0.1, 0.15) is 6.33 Å². The maximum Gasteiger partial charge on any atom is 0.293 e. The molecule has 3 rings (SSSR count). The molecule has 18 heavy (non-hydrogen) atoms. The molecule has 0 spiro atoms. The van der Waals surface area contributed by atoms with Crippen LogP contribution in [0.3, 0.4) is 0 Å². The lowest BCUT2D eigenvalue weighted by molar-refractivity contribution is -0.0368. The molecular formula is C11H17N5O2. The van der Waals surface area contributed by atoms with E-state index in [1.54, 1.807) is 23.0 Å². The predicted octanol–water partition coefficient (Wildman–Crippen LogP) is -1.03. The molecule has 7 heteroatoms. The van der Waals surface area contributed by atoms with Crippen LogP contribution in [0.4, 0.5) is 0 Å².